The topological polar surface area (TPSA) is 74.4 Å². The summed E-state index contributed by atoms with van der Waals surface area (Å²) >= 11 is 1.43. The highest BCUT2D eigenvalue weighted by atomic mass is 32.2. The van der Waals surface area contributed by atoms with Gasteiger partial charge >= 0.3 is 5.69 Å². The van der Waals surface area contributed by atoms with Crippen molar-refractivity contribution in [1.82, 2.24) is 19.9 Å². The molecule has 0 radical (unpaired) electrons. The molecule has 0 saturated heterocycles. The minimum absolute atomic E-state index is 0.252. The number of nitrogens with zero attached hydrogens (tertiary/aromatic N) is 2. The van der Waals surface area contributed by atoms with Crippen LogP contribution >= 0.6 is 11.8 Å². The summed E-state index contributed by atoms with van der Waals surface area (Å²) in [7, 11) is 0. The lowest BCUT2D eigenvalue weighted by Crippen LogP contribution is -1.99. The maximum Gasteiger partial charge on any atom is 0.325 e. The zero-order valence-electron chi connectivity index (χ0n) is 6.29. The fourth-order valence-electron chi connectivity index (χ4n) is 0.912. The fraction of sp³-hybridized carbons (Fsp3) is 0.167. The minimum atomic E-state index is -0.252. The zero-order valence-corrected chi connectivity index (χ0v) is 7.10. The van der Waals surface area contributed by atoms with Crippen molar-refractivity contribution in [2.75, 3.05) is 6.26 Å². The second-order valence-corrected chi connectivity index (χ2v) is 2.97. The second kappa shape index (κ2) is 2.63. The number of hydrogen-bond acceptors (Lipinski definition) is 4. The van der Waals surface area contributed by atoms with Crippen molar-refractivity contribution in [3.8, 4) is 0 Å². The molecule has 0 atom stereocenters. The summed E-state index contributed by atoms with van der Waals surface area (Å²) in [6.45, 7) is 0. The highest BCUT2D eigenvalue weighted by Gasteiger charge is 2.00. The highest BCUT2D eigenvalue weighted by molar-refractivity contribution is 7.98. The Labute approximate surface area is 71.6 Å². The van der Waals surface area contributed by atoms with E-state index in [4.69, 9.17) is 0 Å². The normalized spacial score (nSPS) is 10.8. The smallest absolute Gasteiger partial charge is 0.303 e. The number of nitrogens with one attached hydrogen (secondary N) is 2. The number of imidazole rings is 1. The Kier molecular flexibility index (Phi) is 1.61. The van der Waals surface area contributed by atoms with E-state index in [9.17, 15) is 4.79 Å². The lowest BCUT2D eigenvalue weighted by atomic mass is 10.6. The van der Waals surface area contributed by atoms with Gasteiger partial charge in [0.1, 0.15) is 5.52 Å². The SMILES string of the molecule is CSc1ncc2[nH]c(=O)[nH]c2n1. The number of fused-ring (bicyclic) bond motifs is 1. The summed E-state index contributed by atoms with van der Waals surface area (Å²) in [4.78, 5) is 24.0. The van der Waals surface area contributed by atoms with Crippen LogP contribution in [-0.4, -0.2) is 26.2 Å². The van der Waals surface area contributed by atoms with Crippen LogP contribution in [-0.2, 0) is 0 Å². The van der Waals surface area contributed by atoms with E-state index in [1.54, 1.807) is 6.20 Å². The first-order valence-electron chi connectivity index (χ1n) is 3.28. The van der Waals surface area contributed by atoms with E-state index in [-0.39, 0.29) is 5.69 Å². The highest BCUT2D eigenvalue weighted by Crippen LogP contribution is 2.09. The van der Waals surface area contributed by atoms with Gasteiger partial charge < -0.3 is 4.98 Å². The van der Waals surface area contributed by atoms with Gasteiger partial charge in [-0.15, -0.1) is 0 Å². The van der Waals surface area contributed by atoms with Crippen LogP contribution < -0.4 is 5.69 Å². The lowest BCUT2D eigenvalue weighted by molar-refractivity contribution is 0.996. The maximum atomic E-state index is 10.8. The van der Waals surface area contributed by atoms with Gasteiger partial charge in [0.2, 0.25) is 0 Å². The number of hydrogen-bond donors (Lipinski definition) is 2. The molecule has 0 spiro atoms. The molecule has 0 bridgehead atoms. The van der Waals surface area contributed by atoms with Crippen molar-refractivity contribution in [2.45, 2.75) is 5.16 Å². The standard InChI is InChI=1S/C6H6N4OS/c1-12-6-7-2-3-4(10-6)9-5(11)8-3/h2H,1H3,(H2,7,8,9,10,11). The van der Waals surface area contributed by atoms with Gasteiger partial charge in [-0.3, -0.25) is 4.98 Å². The summed E-state index contributed by atoms with van der Waals surface area (Å²) < 4.78 is 0. The minimum Gasteiger partial charge on any atom is -0.303 e. The van der Waals surface area contributed by atoms with Gasteiger partial charge in [-0.05, 0) is 6.26 Å². The van der Waals surface area contributed by atoms with Gasteiger partial charge in [-0.1, -0.05) is 11.8 Å². The van der Waals surface area contributed by atoms with Crippen LogP contribution in [0.5, 0.6) is 0 Å². The number of H-pyrrole nitrogens is 2. The first kappa shape index (κ1) is 7.35. The first-order valence-corrected chi connectivity index (χ1v) is 4.51. The maximum absolute atomic E-state index is 10.8. The second-order valence-electron chi connectivity index (χ2n) is 2.20. The van der Waals surface area contributed by atoms with E-state index in [0.717, 1.165) is 0 Å². The third-order valence-corrected chi connectivity index (χ3v) is 1.99. The van der Waals surface area contributed by atoms with Crippen LogP contribution in [0.3, 0.4) is 0 Å². The van der Waals surface area contributed by atoms with Crippen molar-refractivity contribution in [2.24, 2.45) is 0 Å². The average Bonchev–Trinajstić information content (AvgIpc) is 2.43. The van der Waals surface area contributed by atoms with E-state index in [0.29, 0.717) is 16.3 Å². The van der Waals surface area contributed by atoms with Gasteiger partial charge in [-0.25, -0.2) is 14.8 Å². The molecule has 12 heavy (non-hydrogen) atoms. The summed E-state index contributed by atoms with van der Waals surface area (Å²) in [6.07, 6.45) is 3.47. The van der Waals surface area contributed by atoms with Gasteiger partial charge in [0.05, 0.1) is 6.20 Å². The molecule has 2 aromatic rings. The number of rotatable bonds is 1. The van der Waals surface area contributed by atoms with Gasteiger partial charge in [0.15, 0.2) is 10.8 Å². The van der Waals surface area contributed by atoms with E-state index in [2.05, 4.69) is 19.9 Å². The van der Waals surface area contributed by atoms with Crippen LogP contribution in [0.2, 0.25) is 0 Å². The Hall–Kier alpha value is -1.30. The van der Waals surface area contributed by atoms with Crippen molar-refractivity contribution in [3.63, 3.8) is 0 Å². The summed E-state index contributed by atoms with van der Waals surface area (Å²) in [5, 5.41) is 0.651. The molecule has 2 rings (SSSR count). The molecule has 0 aromatic carbocycles. The van der Waals surface area contributed by atoms with Gasteiger partial charge in [0, 0.05) is 0 Å². The van der Waals surface area contributed by atoms with Crippen LogP contribution in [0.25, 0.3) is 11.2 Å². The number of thioether (sulfide) groups is 1. The molecule has 2 heterocycles. The Morgan fingerprint density at radius 1 is 1.50 bits per heavy atom. The van der Waals surface area contributed by atoms with Crippen molar-refractivity contribution in [1.29, 1.82) is 0 Å². The Balaban J connectivity index is 2.74. The third-order valence-electron chi connectivity index (χ3n) is 1.43. The summed E-state index contributed by atoms with van der Waals surface area (Å²) in [5.41, 5.74) is 0.940. The molecule has 0 aliphatic heterocycles. The fourth-order valence-corrected chi connectivity index (χ4v) is 1.25. The molecule has 0 aliphatic carbocycles. The predicted molar refractivity (Wildman–Crippen MR) is 46.3 cm³/mol. The Bertz CT molecular complexity index is 460. The predicted octanol–water partition coefficient (Wildman–Crippen LogP) is 0.368. The molecule has 0 amide bonds. The summed E-state index contributed by atoms with van der Waals surface area (Å²) in [6, 6.07) is 0. The first-order chi connectivity index (χ1) is 5.79. The molecule has 2 N–H and O–H groups in total. The Morgan fingerprint density at radius 2 is 2.33 bits per heavy atom. The molecule has 2 aromatic heterocycles. The summed E-state index contributed by atoms with van der Waals surface area (Å²) in [5.74, 6) is 0. The third kappa shape index (κ3) is 1.10. The monoisotopic (exact) mass is 182 g/mol. The molecular formula is C6H6N4OS. The molecule has 0 unspecified atom stereocenters. The lowest BCUT2D eigenvalue weighted by Gasteiger charge is -1.91. The quantitative estimate of drug-likeness (QED) is 0.493. The average molecular weight is 182 g/mol. The molecule has 5 nitrogen and oxygen atoms in total. The largest absolute Gasteiger partial charge is 0.325 e. The van der Waals surface area contributed by atoms with Crippen molar-refractivity contribution in [3.05, 3.63) is 16.7 Å². The molecule has 6 heteroatoms. The van der Waals surface area contributed by atoms with Gasteiger partial charge in [-0.2, -0.15) is 0 Å². The van der Waals surface area contributed by atoms with Crippen LogP contribution in [0, 0.1) is 0 Å². The van der Waals surface area contributed by atoms with Crippen LogP contribution in [0.4, 0.5) is 0 Å². The Morgan fingerprint density at radius 3 is 3.08 bits per heavy atom. The van der Waals surface area contributed by atoms with E-state index in [1.165, 1.54) is 11.8 Å². The van der Waals surface area contributed by atoms with Crippen LogP contribution in [0.1, 0.15) is 0 Å². The van der Waals surface area contributed by atoms with E-state index >= 15 is 0 Å². The molecule has 62 valence electrons. The van der Waals surface area contributed by atoms with Crippen molar-refractivity contribution >= 4 is 22.9 Å². The number of aromatic nitrogens is 4. The zero-order chi connectivity index (χ0) is 8.55. The van der Waals surface area contributed by atoms with Crippen molar-refractivity contribution < 1.29 is 0 Å². The van der Waals surface area contributed by atoms with E-state index < -0.39 is 0 Å². The molecular weight excluding hydrogens is 176 g/mol. The van der Waals surface area contributed by atoms with Crippen LogP contribution in [0.15, 0.2) is 16.1 Å². The molecule has 0 aliphatic rings. The molecule has 0 fully saturated rings. The van der Waals surface area contributed by atoms with Gasteiger partial charge in [0.25, 0.3) is 0 Å². The molecule has 0 saturated carbocycles. The number of aromatic amines is 2. The van der Waals surface area contributed by atoms with E-state index in [1.807, 2.05) is 6.26 Å².